The molecule has 0 radical (unpaired) electrons. The molecule has 1 saturated carbocycles. The third-order valence-electron chi connectivity index (χ3n) is 6.40. The van der Waals surface area contributed by atoms with Crippen LogP contribution in [0, 0.1) is 18.3 Å². The number of hydrogen-bond acceptors (Lipinski definition) is 2. The van der Waals surface area contributed by atoms with Crippen LogP contribution < -0.4 is 10.1 Å². The van der Waals surface area contributed by atoms with Crippen molar-refractivity contribution >= 4 is 16.8 Å². The molecule has 1 fully saturated rings. The van der Waals surface area contributed by atoms with Gasteiger partial charge in [0, 0.05) is 28.7 Å². The van der Waals surface area contributed by atoms with Crippen molar-refractivity contribution in [2.24, 2.45) is 11.3 Å². The minimum absolute atomic E-state index is 0.0269. The van der Waals surface area contributed by atoms with Gasteiger partial charge in [0.05, 0.1) is 7.11 Å². The lowest BCUT2D eigenvalue weighted by molar-refractivity contribution is 0.0952. The summed E-state index contributed by atoms with van der Waals surface area (Å²) in [6, 6.07) is 15.8. The number of aromatic nitrogens is 1. The zero-order valence-electron chi connectivity index (χ0n) is 17.0. The van der Waals surface area contributed by atoms with Crippen molar-refractivity contribution in [1.29, 1.82) is 0 Å². The molecule has 2 atom stereocenters. The number of fused-ring (bicyclic) bond motifs is 1. The third-order valence-corrected chi connectivity index (χ3v) is 6.40. The predicted octanol–water partition coefficient (Wildman–Crippen LogP) is 5.04. The van der Waals surface area contributed by atoms with Crippen LogP contribution >= 0.6 is 0 Å². The van der Waals surface area contributed by atoms with Gasteiger partial charge in [0.1, 0.15) is 5.75 Å². The van der Waals surface area contributed by atoms with Crippen LogP contribution in [0.2, 0.25) is 0 Å². The number of carbonyl (C=O) groups is 1. The summed E-state index contributed by atoms with van der Waals surface area (Å²) < 4.78 is 5.15. The number of nitrogens with one attached hydrogen (secondary N) is 2. The van der Waals surface area contributed by atoms with E-state index in [2.05, 4.69) is 55.3 Å². The lowest BCUT2D eigenvalue weighted by Crippen LogP contribution is -2.25. The topological polar surface area (TPSA) is 54.1 Å². The molecule has 1 heterocycles. The quantitative estimate of drug-likeness (QED) is 0.633. The van der Waals surface area contributed by atoms with Crippen LogP contribution in [-0.2, 0) is 0 Å². The summed E-state index contributed by atoms with van der Waals surface area (Å²) in [4.78, 5) is 15.9. The molecule has 28 heavy (non-hydrogen) atoms. The summed E-state index contributed by atoms with van der Waals surface area (Å²) in [6.45, 7) is 7.55. The van der Waals surface area contributed by atoms with E-state index in [-0.39, 0.29) is 11.3 Å². The van der Waals surface area contributed by atoms with E-state index in [1.54, 1.807) is 19.2 Å². The fourth-order valence-electron chi connectivity index (χ4n) is 4.74. The SMILES string of the molecule is COc1ccc(C(=O)NCC[C@@H]2[C@@H](c3c(C)[nH]c4ccccc34)C2(C)C)cc1. The van der Waals surface area contributed by atoms with Crippen molar-refractivity contribution in [3.8, 4) is 5.75 Å². The van der Waals surface area contributed by atoms with Crippen LogP contribution in [0.25, 0.3) is 10.9 Å². The number of aryl methyl sites for hydroxylation is 1. The molecular weight excluding hydrogens is 348 g/mol. The van der Waals surface area contributed by atoms with E-state index in [1.807, 2.05) is 12.1 Å². The average molecular weight is 377 g/mol. The number of H-pyrrole nitrogens is 1. The summed E-state index contributed by atoms with van der Waals surface area (Å²) >= 11 is 0. The van der Waals surface area contributed by atoms with E-state index in [9.17, 15) is 4.79 Å². The smallest absolute Gasteiger partial charge is 0.251 e. The Morgan fingerprint density at radius 1 is 1.14 bits per heavy atom. The Hall–Kier alpha value is -2.75. The standard InChI is InChI=1S/C24H28N2O2/c1-15-21(18-7-5-6-8-20(18)26-15)22-19(24(22,2)3)13-14-25-23(27)16-9-11-17(28-4)12-10-16/h5-12,19,22,26H,13-14H2,1-4H3,(H,25,27)/t19-,22+/m1/s1. The lowest BCUT2D eigenvalue weighted by atomic mass is 10.0. The zero-order chi connectivity index (χ0) is 19.9. The second-order valence-corrected chi connectivity index (χ2v) is 8.39. The Kier molecular flexibility index (Phi) is 4.66. The van der Waals surface area contributed by atoms with Crippen molar-refractivity contribution in [3.63, 3.8) is 0 Å². The van der Waals surface area contributed by atoms with Crippen LogP contribution in [0.4, 0.5) is 0 Å². The fourth-order valence-corrected chi connectivity index (χ4v) is 4.74. The van der Waals surface area contributed by atoms with Crippen molar-refractivity contribution < 1.29 is 9.53 Å². The molecule has 4 rings (SSSR count). The molecule has 1 aromatic heterocycles. The van der Waals surface area contributed by atoms with Gasteiger partial charge in [0.2, 0.25) is 0 Å². The van der Waals surface area contributed by atoms with Gasteiger partial charge in [-0.1, -0.05) is 32.0 Å². The van der Waals surface area contributed by atoms with Crippen molar-refractivity contribution in [2.45, 2.75) is 33.1 Å². The molecule has 4 heteroatoms. The van der Waals surface area contributed by atoms with E-state index in [4.69, 9.17) is 4.74 Å². The summed E-state index contributed by atoms with van der Waals surface area (Å²) in [5, 5.41) is 4.41. The number of para-hydroxylation sites is 1. The Morgan fingerprint density at radius 2 is 1.86 bits per heavy atom. The Balaban J connectivity index is 1.41. The second kappa shape index (κ2) is 7.01. The molecule has 1 aliphatic rings. The van der Waals surface area contributed by atoms with Gasteiger partial charge in [-0.25, -0.2) is 0 Å². The molecule has 0 unspecified atom stereocenters. The van der Waals surface area contributed by atoms with Crippen LogP contribution in [0.15, 0.2) is 48.5 Å². The molecule has 0 aliphatic heterocycles. The maximum atomic E-state index is 12.4. The van der Waals surface area contributed by atoms with E-state index < -0.39 is 0 Å². The van der Waals surface area contributed by atoms with Gasteiger partial charge in [0.15, 0.2) is 0 Å². The van der Waals surface area contributed by atoms with Crippen LogP contribution in [-0.4, -0.2) is 24.5 Å². The van der Waals surface area contributed by atoms with Crippen molar-refractivity contribution in [1.82, 2.24) is 10.3 Å². The lowest BCUT2D eigenvalue weighted by Gasteiger charge is -2.07. The number of carbonyl (C=O) groups excluding carboxylic acids is 1. The molecule has 4 nitrogen and oxygen atoms in total. The van der Waals surface area contributed by atoms with E-state index in [1.165, 1.54) is 22.2 Å². The van der Waals surface area contributed by atoms with Gasteiger partial charge in [-0.15, -0.1) is 0 Å². The fraction of sp³-hybridized carbons (Fsp3) is 0.375. The Bertz CT molecular complexity index is 1000. The third kappa shape index (κ3) is 3.17. The Labute approximate surface area is 166 Å². The maximum Gasteiger partial charge on any atom is 0.251 e. The van der Waals surface area contributed by atoms with E-state index in [0.29, 0.717) is 23.9 Å². The minimum Gasteiger partial charge on any atom is -0.497 e. The Morgan fingerprint density at radius 3 is 2.57 bits per heavy atom. The first kappa shape index (κ1) is 18.6. The van der Waals surface area contributed by atoms with Gasteiger partial charge in [0.25, 0.3) is 5.91 Å². The molecule has 3 aromatic rings. The summed E-state index contributed by atoms with van der Waals surface area (Å²) in [5.74, 6) is 1.83. The number of aromatic amines is 1. The summed E-state index contributed by atoms with van der Waals surface area (Å²) in [7, 11) is 1.62. The van der Waals surface area contributed by atoms with Crippen molar-refractivity contribution in [3.05, 3.63) is 65.4 Å². The second-order valence-electron chi connectivity index (χ2n) is 8.39. The van der Waals surface area contributed by atoms with E-state index in [0.717, 1.165) is 12.2 Å². The predicted molar refractivity (Wildman–Crippen MR) is 113 cm³/mol. The zero-order valence-corrected chi connectivity index (χ0v) is 17.0. The molecule has 1 aliphatic carbocycles. The number of benzene rings is 2. The largest absolute Gasteiger partial charge is 0.497 e. The summed E-state index contributed by atoms with van der Waals surface area (Å²) in [5.41, 5.74) is 4.85. The molecule has 1 amide bonds. The van der Waals surface area contributed by atoms with Gasteiger partial charge >= 0.3 is 0 Å². The number of ether oxygens (including phenoxy) is 1. The van der Waals surface area contributed by atoms with Crippen molar-refractivity contribution in [2.75, 3.05) is 13.7 Å². The van der Waals surface area contributed by atoms with Crippen LogP contribution in [0.1, 0.15) is 47.8 Å². The molecule has 2 aromatic carbocycles. The van der Waals surface area contributed by atoms with E-state index >= 15 is 0 Å². The van der Waals surface area contributed by atoms with Gasteiger partial charge in [-0.05, 0) is 66.5 Å². The molecule has 2 N–H and O–H groups in total. The number of hydrogen-bond donors (Lipinski definition) is 2. The molecule has 146 valence electrons. The monoisotopic (exact) mass is 376 g/mol. The first-order valence-corrected chi connectivity index (χ1v) is 9.93. The van der Waals surface area contributed by atoms with Crippen LogP contribution in [0.3, 0.4) is 0 Å². The highest BCUT2D eigenvalue weighted by atomic mass is 16.5. The van der Waals surface area contributed by atoms with Gasteiger partial charge in [-0.2, -0.15) is 0 Å². The molecule has 0 bridgehead atoms. The molecule has 0 saturated heterocycles. The van der Waals surface area contributed by atoms with Gasteiger partial charge < -0.3 is 15.0 Å². The number of rotatable bonds is 6. The molecule has 0 spiro atoms. The average Bonchev–Trinajstić information content (AvgIpc) is 3.05. The highest BCUT2D eigenvalue weighted by Crippen LogP contribution is 2.67. The number of methoxy groups -OCH3 is 1. The molecular formula is C24H28N2O2. The maximum absolute atomic E-state index is 12.4. The number of amides is 1. The first-order valence-electron chi connectivity index (χ1n) is 9.93. The minimum atomic E-state index is -0.0269. The first-order chi connectivity index (χ1) is 13.4. The highest BCUT2D eigenvalue weighted by molar-refractivity contribution is 5.94. The normalized spacial score (nSPS) is 20.1. The highest BCUT2D eigenvalue weighted by Gasteiger charge is 2.58. The van der Waals surface area contributed by atoms with Crippen LogP contribution in [0.5, 0.6) is 5.75 Å². The van der Waals surface area contributed by atoms with Gasteiger partial charge in [-0.3, -0.25) is 4.79 Å². The summed E-state index contributed by atoms with van der Waals surface area (Å²) in [6.07, 6.45) is 0.985.